The number of aryl methyl sites for hydroxylation is 2. The lowest BCUT2D eigenvalue weighted by molar-refractivity contribution is 0.596. The maximum atomic E-state index is 13.5. The summed E-state index contributed by atoms with van der Waals surface area (Å²) in [6.07, 6.45) is 2.27. The average molecular weight is 437 g/mol. The number of fused-ring (bicyclic) bond motifs is 1. The van der Waals surface area contributed by atoms with E-state index in [1.807, 2.05) is 37.3 Å². The van der Waals surface area contributed by atoms with Crippen molar-refractivity contribution in [2.75, 3.05) is 5.32 Å². The van der Waals surface area contributed by atoms with Crippen molar-refractivity contribution < 1.29 is 8.42 Å². The number of halogens is 1. The summed E-state index contributed by atoms with van der Waals surface area (Å²) < 4.78 is 27.0. The number of hydrogen-bond acceptors (Lipinski definition) is 4. The van der Waals surface area contributed by atoms with Crippen LogP contribution in [0.1, 0.15) is 18.1 Å². The molecule has 0 amide bonds. The predicted octanol–water partition coefficient (Wildman–Crippen LogP) is 6.34. The standard InChI is InChI=1S/C24H21ClN2O2S/c1-3-17-6-13-22-21(14-17)24(27-19-9-7-18(25)8-10-19)23(15-26-22)30(28,29)20-11-4-16(2)5-12-20/h4-15H,3H2,1-2H3,(H,26,27). The molecule has 4 aromatic rings. The molecular formula is C24H21ClN2O2S. The number of nitrogens with one attached hydrogen (secondary N) is 1. The molecule has 0 spiro atoms. The molecule has 0 aliphatic carbocycles. The minimum absolute atomic E-state index is 0.141. The van der Waals surface area contributed by atoms with Crippen LogP contribution in [0, 0.1) is 6.92 Å². The highest BCUT2D eigenvalue weighted by Gasteiger charge is 2.24. The Balaban J connectivity index is 1.96. The zero-order valence-corrected chi connectivity index (χ0v) is 18.3. The van der Waals surface area contributed by atoms with E-state index in [0.29, 0.717) is 10.7 Å². The Bertz CT molecular complexity index is 1320. The first kappa shape index (κ1) is 20.4. The summed E-state index contributed by atoms with van der Waals surface area (Å²) in [6.45, 7) is 3.99. The zero-order valence-electron chi connectivity index (χ0n) is 16.7. The molecule has 3 aromatic carbocycles. The third kappa shape index (κ3) is 3.91. The van der Waals surface area contributed by atoms with Crippen molar-refractivity contribution in [1.29, 1.82) is 0 Å². The smallest absolute Gasteiger partial charge is 0.210 e. The molecule has 0 bridgehead atoms. The van der Waals surface area contributed by atoms with E-state index in [4.69, 9.17) is 11.6 Å². The third-order valence-corrected chi connectivity index (χ3v) is 7.07. The van der Waals surface area contributed by atoms with Crippen LogP contribution >= 0.6 is 11.6 Å². The van der Waals surface area contributed by atoms with E-state index < -0.39 is 9.84 Å². The average Bonchev–Trinajstić information content (AvgIpc) is 2.75. The van der Waals surface area contributed by atoms with Crippen molar-refractivity contribution >= 4 is 43.7 Å². The van der Waals surface area contributed by atoms with Gasteiger partial charge in [0.15, 0.2) is 0 Å². The van der Waals surface area contributed by atoms with Gasteiger partial charge in [-0.3, -0.25) is 4.98 Å². The van der Waals surface area contributed by atoms with Crippen molar-refractivity contribution in [3.8, 4) is 0 Å². The summed E-state index contributed by atoms with van der Waals surface area (Å²) in [5.74, 6) is 0. The Labute approximate surface area is 181 Å². The SMILES string of the molecule is CCc1ccc2ncc(S(=O)(=O)c3ccc(C)cc3)c(Nc3ccc(Cl)cc3)c2c1. The van der Waals surface area contributed by atoms with E-state index in [9.17, 15) is 8.42 Å². The second-order valence-electron chi connectivity index (χ2n) is 7.15. The second kappa shape index (κ2) is 8.09. The predicted molar refractivity (Wildman–Crippen MR) is 122 cm³/mol. The van der Waals surface area contributed by atoms with Gasteiger partial charge in [0.25, 0.3) is 0 Å². The van der Waals surface area contributed by atoms with Crippen LogP contribution in [0.25, 0.3) is 10.9 Å². The van der Waals surface area contributed by atoms with E-state index in [-0.39, 0.29) is 9.79 Å². The number of hydrogen-bond donors (Lipinski definition) is 1. The highest BCUT2D eigenvalue weighted by Crippen LogP contribution is 2.35. The topological polar surface area (TPSA) is 59.1 Å². The monoisotopic (exact) mass is 436 g/mol. The van der Waals surface area contributed by atoms with Crippen molar-refractivity contribution in [1.82, 2.24) is 4.98 Å². The van der Waals surface area contributed by atoms with Crippen LogP contribution in [-0.4, -0.2) is 13.4 Å². The van der Waals surface area contributed by atoms with Gasteiger partial charge in [-0.2, -0.15) is 0 Å². The summed E-state index contributed by atoms with van der Waals surface area (Å²) in [7, 11) is -3.78. The molecule has 152 valence electrons. The molecule has 1 aromatic heterocycles. The number of benzene rings is 3. The van der Waals surface area contributed by atoms with Gasteiger partial charge in [-0.25, -0.2) is 8.42 Å². The first-order valence-electron chi connectivity index (χ1n) is 9.64. The van der Waals surface area contributed by atoms with E-state index in [0.717, 1.165) is 34.1 Å². The molecule has 30 heavy (non-hydrogen) atoms. The van der Waals surface area contributed by atoms with Crippen molar-refractivity contribution in [2.24, 2.45) is 0 Å². The molecule has 0 radical (unpaired) electrons. The summed E-state index contributed by atoms with van der Waals surface area (Å²) in [6, 6.07) is 19.9. The first-order valence-corrected chi connectivity index (χ1v) is 11.5. The molecule has 0 atom stereocenters. The van der Waals surface area contributed by atoms with Gasteiger partial charge in [-0.15, -0.1) is 0 Å². The number of aromatic nitrogens is 1. The number of pyridine rings is 1. The van der Waals surface area contributed by atoms with Gasteiger partial charge in [0, 0.05) is 22.3 Å². The summed E-state index contributed by atoms with van der Waals surface area (Å²) in [5.41, 5.74) is 4.09. The number of anilines is 2. The lowest BCUT2D eigenvalue weighted by Crippen LogP contribution is -2.07. The molecule has 1 N–H and O–H groups in total. The fraction of sp³-hybridized carbons (Fsp3) is 0.125. The first-order chi connectivity index (χ1) is 14.4. The van der Waals surface area contributed by atoms with Crippen LogP contribution in [0.15, 0.2) is 82.7 Å². The van der Waals surface area contributed by atoms with E-state index in [1.54, 1.807) is 36.4 Å². The highest BCUT2D eigenvalue weighted by atomic mass is 35.5. The fourth-order valence-electron chi connectivity index (χ4n) is 3.30. The van der Waals surface area contributed by atoms with Crippen molar-refractivity contribution in [3.05, 3.63) is 89.1 Å². The van der Waals surface area contributed by atoms with Crippen molar-refractivity contribution in [2.45, 2.75) is 30.1 Å². The summed E-state index contributed by atoms with van der Waals surface area (Å²) in [4.78, 5) is 4.82. The van der Waals surface area contributed by atoms with Gasteiger partial charge >= 0.3 is 0 Å². The summed E-state index contributed by atoms with van der Waals surface area (Å²) in [5, 5.41) is 4.68. The molecule has 6 heteroatoms. The second-order valence-corrected chi connectivity index (χ2v) is 9.51. The molecule has 1 heterocycles. The van der Waals surface area contributed by atoms with Gasteiger partial charge in [0.05, 0.1) is 16.1 Å². The molecule has 0 fully saturated rings. The van der Waals surface area contributed by atoms with Crippen LogP contribution in [0.2, 0.25) is 5.02 Å². The van der Waals surface area contributed by atoms with E-state index in [2.05, 4.69) is 17.2 Å². The lowest BCUT2D eigenvalue weighted by Gasteiger charge is -2.16. The largest absolute Gasteiger partial charge is 0.354 e. The Hall–Kier alpha value is -2.89. The Morgan fingerprint density at radius 2 is 1.67 bits per heavy atom. The van der Waals surface area contributed by atoms with Crippen LogP contribution in [0.5, 0.6) is 0 Å². The molecule has 4 rings (SSSR count). The van der Waals surface area contributed by atoms with Crippen LogP contribution in [0.3, 0.4) is 0 Å². The van der Waals surface area contributed by atoms with Crippen LogP contribution in [-0.2, 0) is 16.3 Å². The maximum Gasteiger partial charge on any atom is 0.210 e. The quantitative estimate of drug-likeness (QED) is 0.396. The Kier molecular flexibility index (Phi) is 5.50. The minimum Gasteiger partial charge on any atom is -0.354 e. The van der Waals surface area contributed by atoms with E-state index in [1.165, 1.54) is 6.20 Å². The molecule has 0 unspecified atom stereocenters. The van der Waals surface area contributed by atoms with Gasteiger partial charge in [-0.05, 0) is 67.4 Å². The lowest BCUT2D eigenvalue weighted by atomic mass is 10.1. The zero-order chi connectivity index (χ0) is 21.3. The van der Waals surface area contributed by atoms with Gasteiger partial charge < -0.3 is 5.32 Å². The number of rotatable bonds is 5. The molecule has 0 aliphatic heterocycles. The molecule has 0 aliphatic rings. The number of sulfone groups is 1. The van der Waals surface area contributed by atoms with Gasteiger partial charge in [-0.1, -0.05) is 42.3 Å². The van der Waals surface area contributed by atoms with Gasteiger partial charge in [0.2, 0.25) is 9.84 Å². The Morgan fingerprint density at radius 1 is 0.967 bits per heavy atom. The van der Waals surface area contributed by atoms with E-state index >= 15 is 0 Å². The molecule has 0 saturated carbocycles. The fourth-order valence-corrected chi connectivity index (χ4v) is 4.79. The summed E-state index contributed by atoms with van der Waals surface area (Å²) >= 11 is 6.01. The van der Waals surface area contributed by atoms with Gasteiger partial charge in [0.1, 0.15) is 4.90 Å². The van der Waals surface area contributed by atoms with Crippen LogP contribution in [0.4, 0.5) is 11.4 Å². The molecule has 0 saturated heterocycles. The molecular weight excluding hydrogens is 416 g/mol. The Morgan fingerprint density at radius 3 is 2.33 bits per heavy atom. The minimum atomic E-state index is -3.78. The maximum absolute atomic E-state index is 13.5. The number of nitrogens with zero attached hydrogens (tertiary/aromatic N) is 1. The molecule has 4 nitrogen and oxygen atoms in total. The normalized spacial score (nSPS) is 11.6. The highest BCUT2D eigenvalue weighted by molar-refractivity contribution is 7.91. The third-order valence-electron chi connectivity index (χ3n) is 5.04. The van der Waals surface area contributed by atoms with Crippen molar-refractivity contribution in [3.63, 3.8) is 0 Å². The van der Waals surface area contributed by atoms with Crippen LogP contribution < -0.4 is 5.32 Å².